The number of nitrogens with one attached hydrogen (secondary N) is 2. The van der Waals surface area contributed by atoms with Crippen LogP contribution in [-0.4, -0.2) is 7.05 Å². The molecule has 0 bridgehead atoms. The van der Waals surface area contributed by atoms with Gasteiger partial charge in [-0.15, -0.1) is 0 Å². The molecule has 1 aromatic carbocycles. The van der Waals surface area contributed by atoms with Gasteiger partial charge in [-0.1, -0.05) is 17.7 Å². The molecule has 0 aromatic heterocycles. The van der Waals surface area contributed by atoms with E-state index in [1.165, 1.54) is 6.07 Å². The lowest BCUT2D eigenvalue weighted by atomic mass is 10.3. The number of hydrogen-bond donors (Lipinski definition) is 2. The molecule has 0 atom stereocenters. The fourth-order valence-electron chi connectivity index (χ4n) is 0.735. The van der Waals surface area contributed by atoms with E-state index in [1.807, 2.05) is 0 Å². The molecular formula is C7H8ClFN2. The number of halogens is 2. The van der Waals surface area contributed by atoms with Crippen molar-refractivity contribution in [2.24, 2.45) is 0 Å². The standard InChI is InChI=1S/C7H8ClFN2/c1-10-11-6-4-2-3-5(8)7(6)9/h2-4,10-11H,1H3. The van der Waals surface area contributed by atoms with Crippen LogP contribution < -0.4 is 10.9 Å². The number of hydrogen-bond acceptors (Lipinski definition) is 2. The van der Waals surface area contributed by atoms with Gasteiger partial charge < -0.3 is 5.43 Å². The molecule has 2 nitrogen and oxygen atoms in total. The summed E-state index contributed by atoms with van der Waals surface area (Å²) in [6, 6.07) is 4.76. The number of benzene rings is 1. The van der Waals surface area contributed by atoms with E-state index >= 15 is 0 Å². The summed E-state index contributed by atoms with van der Waals surface area (Å²) in [4.78, 5) is 0. The SMILES string of the molecule is CNNc1cccc(Cl)c1F. The van der Waals surface area contributed by atoms with Gasteiger partial charge in [0.05, 0.1) is 10.7 Å². The van der Waals surface area contributed by atoms with Crippen LogP contribution in [0.3, 0.4) is 0 Å². The Bertz CT molecular complexity index is 252. The van der Waals surface area contributed by atoms with Gasteiger partial charge in [0.25, 0.3) is 0 Å². The minimum Gasteiger partial charge on any atom is -0.319 e. The molecule has 0 aliphatic heterocycles. The Morgan fingerprint density at radius 1 is 1.45 bits per heavy atom. The van der Waals surface area contributed by atoms with Crippen molar-refractivity contribution in [3.63, 3.8) is 0 Å². The van der Waals surface area contributed by atoms with Gasteiger partial charge in [-0.2, -0.15) is 0 Å². The van der Waals surface area contributed by atoms with E-state index in [9.17, 15) is 4.39 Å². The summed E-state index contributed by atoms with van der Waals surface area (Å²) in [6.45, 7) is 0. The quantitative estimate of drug-likeness (QED) is 0.671. The van der Waals surface area contributed by atoms with E-state index in [0.29, 0.717) is 5.69 Å². The Morgan fingerprint density at radius 2 is 2.18 bits per heavy atom. The molecule has 60 valence electrons. The van der Waals surface area contributed by atoms with Crippen LogP contribution in [0.25, 0.3) is 0 Å². The first kappa shape index (κ1) is 8.30. The summed E-state index contributed by atoms with van der Waals surface area (Å²) in [7, 11) is 1.65. The first-order chi connectivity index (χ1) is 5.25. The van der Waals surface area contributed by atoms with Crippen LogP contribution in [0.2, 0.25) is 5.02 Å². The van der Waals surface area contributed by atoms with Crippen molar-refractivity contribution in [1.29, 1.82) is 0 Å². The Labute approximate surface area is 69.3 Å². The van der Waals surface area contributed by atoms with Crippen LogP contribution in [0.1, 0.15) is 0 Å². The number of anilines is 1. The van der Waals surface area contributed by atoms with E-state index in [4.69, 9.17) is 11.6 Å². The lowest BCUT2D eigenvalue weighted by Crippen LogP contribution is -2.15. The molecule has 0 fully saturated rings. The number of rotatable bonds is 2. The maximum Gasteiger partial charge on any atom is 0.166 e. The first-order valence-corrected chi connectivity index (χ1v) is 3.50. The van der Waals surface area contributed by atoms with Crippen LogP contribution in [-0.2, 0) is 0 Å². The molecule has 0 aliphatic carbocycles. The highest BCUT2D eigenvalue weighted by atomic mass is 35.5. The monoisotopic (exact) mass is 174 g/mol. The highest BCUT2D eigenvalue weighted by Gasteiger charge is 2.03. The van der Waals surface area contributed by atoms with Crippen molar-refractivity contribution in [1.82, 2.24) is 5.43 Å². The first-order valence-electron chi connectivity index (χ1n) is 3.12. The van der Waals surface area contributed by atoms with Gasteiger partial charge in [0.15, 0.2) is 5.82 Å². The molecule has 1 aromatic rings. The summed E-state index contributed by atoms with van der Waals surface area (Å²) >= 11 is 5.51. The molecule has 0 saturated heterocycles. The highest BCUT2D eigenvalue weighted by Crippen LogP contribution is 2.20. The van der Waals surface area contributed by atoms with Crippen molar-refractivity contribution in [3.8, 4) is 0 Å². The van der Waals surface area contributed by atoms with Crippen LogP contribution in [0.4, 0.5) is 10.1 Å². The zero-order chi connectivity index (χ0) is 8.27. The topological polar surface area (TPSA) is 24.1 Å². The minimum absolute atomic E-state index is 0.116. The molecule has 0 heterocycles. The fourth-order valence-corrected chi connectivity index (χ4v) is 0.910. The highest BCUT2D eigenvalue weighted by molar-refractivity contribution is 6.31. The van der Waals surface area contributed by atoms with Gasteiger partial charge in [-0.3, -0.25) is 0 Å². The van der Waals surface area contributed by atoms with Crippen molar-refractivity contribution in [2.45, 2.75) is 0 Å². The van der Waals surface area contributed by atoms with Gasteiger partial charge >= 0.3 is 0 Å². The van der Waals surface area contributed by atoms with E-state index in [2.05, 4.69) is 10.9 Å². The zero-order valence-corrected chi connectivity index (χ0v) is 6.74. The summed E-state index contributed by atoms with van der Waals surface area (Å²) in [5, 5.41) is 0.116. The van der Waals surface area contributed by atoms with E-state index in [-0.39, 0.29) is 5.02 Å². The summed E-state index contributed by atoms with van der Waals surface area (Å²) in [5.74, 6) is -0.441. The Kier molecular flexibility index (Phi) is 2.68. The molecular weight excluding hydrogens is 167 g/mol. The van der Waals surface area contributed by atoms with Crippen molar-refractivity contribution in [2.75, 3.05) is 12.5 Å². The largest absolute Gasteiger partial charge is 0.319 e. The zero-order valence-electron chi connectivity index (χ0n) is 5.99. The normalized spacial score (nSPS) is 9.73. The summed E-state index contributed by atoms with van der Waals surface area (Å²) in [5.41, 5.74) is 5.56. The van der Waals surface area contributed by atoms with Crippen LogP contribution >= 0.6 is 11.6 Å². The van der Waals surface area contributed by atoms with E-state index in [1.54, 1.807) is 19.2 Å². The van der Waals surface area contributed by atoms with Crippen molar-refractivity contribution in [3.05, 3.63) is 29.0 Å². The fraction of sp³-hybridized carbons (Fsp3) is 0.143. The third-order valence-corrected chi connectivity index (χ3v) is 1.50. The van der Waals surface area contributed by atoms with Crippen molar-refractivity contribution >= 4 is 17.3 Å². The van der Waals surface area contributed by atoms with Gasteiger partial charge in [-0.25, -0.2) is 9.82 Å². The third-order valence-electron chi connectivity index (χ3n) is 1.21. The van der Waals surface area contributed by atoms with Crippen LogP contribution in [0.5, 0.6) is 0 Å². The molecule has 0 radical (unpaired) electrons. The lowest BCUT2D eigenvalue weighted by molar-refractivity contribution is 0.629. The summed E-state index contributed by atoms with van der Waals surface area (Å²) < 4.78 is 13.0. The average molecular weight is 175 g/mol. The Morgan fingerprint density at radius 3 is 2.82 bits per heavy atom. The van der Waals surface area contributed by atoms with E-state index in [0.717, 1.165) is 0 Å². The molecule has 1 rings (SSSR count). The predicted octanol–water partition coefficient (Wildman–Crippen LogP) is 2.03. The Balaban J connectivity index is 2.96. The second-order valence-electron chi connectivity index (χ2n) is 1.98. The van der Waals surface area contributed by atoms with Crippen molar-refractivity contribution < 1.29 is 4.39 Å². The molecule has 4 heteroatoms. The maximum absolute atomic E-state index is 13.0. The third kappa shape index (κ3) is 1.82. The van der Waals surface area contributed by atoms with Crippen LogP contribution in [0.15, 0.2) is 18.2 Å². The molecule has 0 unspecified atom stereocenters. The molecule has 0 saturated carbocycles. The smallest absolute Gasteiger partial charge is 0.166 e. The average Bonchev–Trinajstić information content (AvgIpc) is 1.99. The maximum atomic E-state index is 13.0. The number of hydrazine groups is 1. The van der Waals surface area contributed by atoms with Crippen LogP contribution in [0, 0.1) is 5.82 Å². The van der Waals surface area contributed by atoms with Gasteiger partial charge in [-0.05, 0) is 12.1 Å². The summed E-state index contributed by atoms with van der Waals surface area (Å²) in [6.07, 6.45) is 0. The molecule has 11 heavy (non-hydrogen) atoms. The molecule has 0 amide bonds. The Hall–Kier alpha value is -0.800. The predicted molar refractivity (Wildman–Crippen MR) is 44.1 cm³/mol. The van der Waals surface area contributed by atoms with Gasteiger partial charge in [0.1, 0.15) is 0 Å². The molecule has 0 spiro atoms. The van der Waals surface area contributed by atoms with Gasteiger partial charge in [0.2, 0.25) is 0 Å². The molecule has 0 aliphatic rings. The van der Waals surface area contributed by atoms with E-state index < -0.39 is 5.82 Å². The minimum atomic E-state index is -0.441. The molecule has 2 N–H and O–H groups in total. The lowest BCUT2D eigenvalue weighted by Gasteiger charge is -2.05. The second-order valence-corrected chi connectivity index (χ2v) is 2.38. The van der Waals surface area contributed by atoms with Gasteiger partial charge in [0, 0.05) is 7.05 Å². The second kappa shape index (κ2) is 3.55.